The van der Waals surface area contributed by atoms with Crippen molar-refractivity contribution in [2.75, 3.05) is 16.4 Å². The summed E-state index contributed by atoms with van der Waals surface area (Å²) in [6, 6.07) is 8.42. The maximum Gasteiger partial charge on any atom is 0.159 e. The average molecular weight is 364 g/mol. The molecule has 4 aliphatic carbocycles. The molecule has 0 amide bonds. The highest BCUT2D eigenvalue weighted by atomic mass is 15.1. The molecule has 5 heteroatoms. The van der Waals surface area contributed by atoms with Crippen LogP contribution in [0.25, 0.3) is 0 Å². The van der Waals surface area contributed by atoms with Crippen LogP contribution < -0.4 is 16.4 Å². The van der Waals surface area contributed by atoms with Crippen LogP contribution in [0.1, 0.15) is 51.0 Å². The minimum Gasteiger partial charge on any atom is -0.393 e. The third kappa shape index (κ3) is 3.13. The van der Waals surface area contributed by atoms with E-state index in [0.29, 0.717) is 11.5 Å². The third-order valence-electron chi connectivity index (χ3n) is 6.93. The first-order valence-electron chi connectivity index (χ1n) is 10.4. The number of hydrogen-bond donors (Lipinski definition) is 3. The number of nitrogen functional groups attached to an aromatic ring is 1. The van der Waals surface area contributed by atoms with Crippen molar-refractivity contribution >= 4 is 23.0 Å². The number of anilines is 4. The van der Waals surface area contributed by atoms with E-state index in [1.54, 1.807) is 6.33 Å². The molecule has 0 aliphatic heterocycles. The van der Waals surface area contributed by atoms with Crippen molar-refractivity contribution < 1.29 is 0 Å². The number of aromatic nitrogens is 2. The van der Waals surface area contributed by atoms with Gasteiger partial charge in [0, 0.05) is 11.2 Å². The zero-order chi connectivity index (χ0) is 18.4. The van der Waals surface area contributed by atoms with Crippen LogP contribution in [0.4, 0.5) is 23.0 Å². The predicted octanol–water partition coefficient (Wildman–Crippen LogP) is 4.75. The number of aryl methyl sites for hydroxylation is 1. The Kier molecular flexibility index (Phi) is 3.99. The lowest BCUT2D eigenvalue weighted by Gasteiger charge is -2.57. The molecule has 2 aromatic rings. The Morgan fingerprint density at radius 2 is 1.56 bits per heavy atom. The summed E-state index contributed by atoms with van der Waals surface area (Å²) in [5, 5.41) is 7.14. The van der Waals surface area contributed by atoms with Gasteiger partial charge in [-0.25, -0.2) is 9.97 Å². The summed E-state index contributed by atoms with van der Waals surface area (Å²) in [6.45, 7) is 2.16. The second-order valence-corrected chi connectivity index (χ2v) is 8.98. The first kappa shape index (κ1) is 16.8. The van der Waals surface area contributed by atoms with Crippen LogP contribution in [0.5, 0.6) is 0 Å². The molecule has 142 valence electrons. The van der Waals surface area contributed by atoms with Crippen molar-refractivity contribution in [2.24, 2.45) is 17.8 Å². The highest BCUT2D eigenvalue weighted by molar-refractivity contribution is 5.78. The molecule has 0 saturated heterocycles. The molecule has 4 aliphatic rings. The summed E-state index contributed by atoms with van der Waals surface area (Å²) in [7, 11) is 0. The van der Waals surface area contributed by atoms with E-state index >= 15 is 0 Å². The van der Waals surface area contributed by atoms with Crippen LogP contribution in [0.3, 0.4) is 0 Å². The van der Waals surface area contributed by atoms with Crippen LogP contribution in [0.2, 0.25) is 0 Å². The monoisotopic (exact) mass is 363 g/mol. The maximum atomic E-state index is 6.47. The molecule has 4 saturated carbocycles. The van der Waals surface area contributed by atoms with Gasteiger partial charge >= 0.3 is 0 Å². The number of hydrogen-bond acceptors (Lipinski definition) is 5. The van der Waals surface area contributed by atoms with Crippen molar-refractivity contribution in [1.29, 1.82) is 0 Å². The first-order chi connectivity index (χ1) is 13.1. The third-order valence-corrected chi connectivity index (χ3v) is 6.93. The number of nitrogens with zero attached hydrogens (tertiary/aromatic N) is 2. The second-order valence-electron chi connectivity index (χ2n) is 8.98. The van der Waals surface area contributed by atoms with Crippen LogP contribution >= 0.6 is 0 Å². The van der Waals surface area contributed by atoms with E-state index < -0.39 is 0 Å². The summed E-state index contributed by atoms with van der Waals surface area (Å²) in [5.41, 5.74) is 9.59. The zero-order valence-corrected chi connectivity index (χ0v) is 16.0. The fraction of sp³-hybridized carbons (Fsp3) is 0.545. The molecule has 0 radical (unpaired) electrons. The normalized spacial score (nSPS) is 31.1. The SMILES string of the molecule is CCc1ccc(Nc2ncnc(NC34CC5CC(CC(C5)C3)C4)c2N)cc1. The van der Waals surface area contributed by atoms with Crippen molar-refractivity contribution in [3.05, 3.63) is 36.2 Å². The van der Waals surface area contributed by atoms with E-state index in [0.717, 1.165) is 35.7 Å². The minimum atomic E-state index is 0.192. The van der Waals surface area contributed by atoms with Crippen LogP contribution in [0, 0.1) is 17.8 Å². The molecule has 4 fully saturated rings. The zero-order valence-electron chi connectivity index (χ0n) is 16.0. The molecule has 1 aromatic carbocycles. The standard InChI is InChI=1S/C22H29N5/c1-2-14-3-5-18(6-4-14)26-20-19(23)21(25-13-24-20)27-22-10-15-7-16(11-22)9-17(8-15)12-22/h3-6,13,15-17H,2,7-12,23H2,1H3,(H2,24,25,26,27). The average Bonchev–Trinajstić information content (AvgIpc) is 2.64. The summed E-state index contributed by atoms with van der Waals surface area (Å²) < 4.78 is 0. The molecule has 0 atom stereocenters. The number of rotatable bonds is 5. The number of nitrogens with two attached hydrogens (primary N) is 1. The summed E-state index contributed by atoms with van der Waals surface area (Å²) >= 11 is 0. The van der Waals surface area contributed by atoms with E-state index in [4.69, 9.17) is 5.73 Å². The fourth-order valence-corrected chi connectivity index (χ4v) is 6.07. The molecule has 1 heterocycles. The largest absolute Gasteiger partial charge is 0.393 e. The van der Waals surface area contributed by atoms with Crippen LogP contribution in [-0.4, -0.2) is 15.5 Å². The summed E-state index contributed by atoms with van der Waals surface area (Å²) in [4.78, 5) is 8.88. The van der Waals surface area contributed by atoms with Gasteiger partial charge < -0.3 is 16.4 Å². The molecule has 0 unspecified atom stereocenters. The maximum absolute atomic E-state index is 6.47. The molecule has 4 N–H and O–H groups in total. The molecule has 0 spiro atoms. The van der Waals surface area contributed by atoms with Crippen LogP contribution in [0.15, 0.2) is 30.6 Å². The quantitative estimate of drug-likeness (QED) is 0.715. The van der Waals surface area contributed by atoms with Crippen molar-refractivity contribution in [3.8, 4) is 0 Å². The minimum absolute atomic E-state index is 0.192. The first-order valence-corrected chi connectivity index (χ1v) is 10.4. The lowest BCUT2D eigenvalue weighted by Crippen LogP contribution is -2.55. The van der Waals surface area contributed by atoms with Crippen LogP contribution in [-0.2, 0) is 6.42 Å². The Bertz CT molecular complexity index is 794. The Morgan fingerprint density at radius 3 is 2.15 bits per heavy atom. The molecule has 5 nitrogen and oxygen atoms in total. The smallest absolute Gasteiger partial charge is 0.159 e. The van der Waals surface area contributed by atoms with Gasteiger partial charge in [-0.05, 0) is 80.4 Å². The van der Waals surface area contributed by atoms with Gasteiger partial charge in [-0.3, -0.25) is 0 Å². The van der Waals surface area contributed by atoms with Gasteiger partial charge in [0.25, 0.3) is 0 Å². The van der Waals surface area contributed by atoms with E-state index in [-0.39, 0.29) is 5.54 Å². The topological polar surface area (TPSA) is 75.9 Å². The van der Waals surface area contributed by atoms with Gasteiger partial charge in [-0.15, -0.1) is 0 Å². The highest BCUT2D eigenvalue weighted by Gasteiger charge is 2.51. The molecule has 6 rings (SSSR count). The van der Waals surface area contributed by atoms with Gasteiger partial charge in [0.2, 0.25) is 0 Å². The van der Waals surface area contributed by atoms with Crippen molar-refractivity contribution in [3.63, 3.8) is 0 Å². The molecule has 27 heavy (non-hydrogen) atoms. The fourth-order valence-electron chi connectivity index (χ4n) is 6.07. The number of nitrogens with one attached hydrogen (secondary N) is 2. The lowest BCUT2D eigenvalue weighted by atomic mass is 9.53. The van der Waals surface area contributed by atoms with E-state index in [9.17, 15) is 0 Å². The molecular formula is C22H29N5. The number of benzene rings is 1. The predicted molar refractivity (Wildman–Crippen MR) is 110 cm³/mol. The Morgan fingerprint density at radius 1 is 0.963 bits per heavy atom. The Balaban J connectivity index is 1.37. The second kappa shape index (κ2) is 6.39. The van der Waals surface area contributed by atoms with Gasteiger partial charge in [-0.1, -0.05) is 19.1 Å². The molecular weight excluding hydrogens is 334 g/mol. The van der Waals surface area contributed by atoms with Gasteiger partial charge in [0.05, 0.1) is 0 Å². The Labute approximate surface area is 161 Å². The summed E-state index contributed by atoms with van der Waals surface area (Å²) in [5.74, 6) is 4.14. The van der Waals surface area contributed by atoms with Gasteiger partial charge in [0.1, 0.15) is 12.0 Å². The Hall–Kier alpha value is -2.30. The molecule has 1 aromatic heterocycles. The van der Waals surface area contributed by atoms with Crippen molar-refractivity contribution in [1.82, 2.24) is 9.97 Å². The van der Waals surface area contributed by atoms with E-state index in [1.807, 2.05) is 0 Å². The van der Waals surface area contributed by atoms with Crippen molar-refractivity contribution in [2.45, 2.75) is 57.4 Å². The molecule has 4 bridgehead atoms. The van der Waals surface area contributed by atoms with Gasteiger partial charge in [-0.2, -0.15) is 0 Å². The summed E-state index contributed by atoms with van der Waals surface area (Å²) in [6.07, 6.45) is 10.7. The van der Waals surface area contributed by atoms with E-state index in [1.165, 1.54) is 44.1 Å². The van der Waals surface area contributed by atoms with Gasteiger partial charge in [0.15, 0.2) is 11.6 Å². The highest BCUT2D eigenvalue weighted by Crippen LogP contribution is 2.56. The lowest BCUT2D eigenvalue weighted by molar-refractivity contribution is 0.0106. The van der Waals surface area contributed by atoms with E-state index in [2.05, 4.69) is 51.8 Å².